The summed E-state index contributed by atoms with van der Waals surface area (Å²) in [6.45, 7) is 0.185. The molecule has 0 saturated heterocycles. The van der Waals surface area contributed by atoms with Gasteiger partial charge in [0.05, 0.1) is 4.47 Å². The van der Waals surface area contributed by atoms with Gasteiger partial charge in [0, 0.05) is 10.4 Å². The molecule has 1 aromatic rings. The van der Waals surface area contributed by atoms with Gasteiger partial charge in [-0.3, -0.25) is 4.79 Å². The van der Waals surface area contributed by atoms with Crippen molar-refractivity contribution in [2.75, 3.05) is 6.61 Å². The first-order valence-corrected chi connectivity index (χ1v) is 7.86. The van der Waals surface area contributed by atoms with Gasteiger partial charge in [0.25, 0.3) is 0 Å². The normalized spacial score (nSPS) is 16.6. The zero-order valence-corrected chi connectivity index (χ0v) is 13.3. The third-order valence-corrected chi connectivity index (χ3v) is 4.44. The molecule has 2 rings (SSSR count). The summed E-state index contributed by atoms with van der Waals surface area (Å²) in [6.07, 6.45) is 5.69. The maximum absolute atomic E-state index is 12.0. The first-order valence-electron chi connectivity index (χ1n) is 6.27. The van der Waals surface area contributed by atoms with E-state index in [1.165, 1.54) is 19.3 Å². The number of ether oxygens (including phenoxy) is 1. The van der Waals surface area contributed by atoms with Crippen molar-refractivity contribution >= 4 is 37.6 Å². The minimum absolute atomic E-state index is 0.185. The van der Waals surface area contributed by atoms with Crippen molar-refractivity contribution in [1.29, 1.82) is 0 Å². The van der Waals surface area contributed by atoms with E-state index in [-0.39, 0.29) is 18.3 Å². The summed E-state index contributed by atoms with van der Waals surface area (Å²) in [6, 6.07) is 5.69. The second-order valence-electron chi connectivity index (χ2n) is 4.66. The van der Waals surface area contributed by atoms with Crippen molar-refractivity contribution in [3.8, 4) is 5.75 Å². The second-order valence-corrected chi connectivity index (χ2v) is 6.43. The number of hydrogen-bond donors (Lipinski definition) is 0. The monoisotopic (exact) mass is 374 g/mol. The zero-order chi connectivity index (χ0) is 13.0. The van der Waals surface area contributed by atoms with Crippen LogP contribution in [0.5, 0.6) is 5.75 Å². The number of hydrogen-bond acceptors (Lipinski definition) is 2. The summed E-state index contributed by atoms with van der Waals surface area (Å²) in [5.41, 5.74) is 0. The molecule has 1 aliphatic carbocycles. The second kappa shape index (κ2) is 6.71. The molecule has 1 fully saturated rings. The highest BCUT2D eigenvalue weighted by Crippen LogP contribution is 2.29. The highest BCUT2D eigenvalue weighted by atomic mass is 79.9. The van der Waals surface area contributed by atoms with Crippen LogP contribution in [0.2, 0.25) is 0 Å². The van der Waals surface area contributed by atoms with Gasteiger partial charge in [0.1, 0.15) is 12.4 Å². The fourth-order valence-electron chi connectivity index (χ4n) is 2.28. The van der Waals surface area contributed by atoms with Gasteiger partial charge in [-0.15, -0.1) is 0 Å². The lowest BCUT2D eigenvalue weighted by Gasteiger charge is -2.20. The molecule has 1 saturated carbocycles. The lowest BCUT2D eigenvalue weighted by Crippen LogP contribution is -2.23. The number of ketones is 1. The summed E-state index contributed by atoms with van der Waals surface area (Å²) >= 11 is 6.81. The number of halogens is 2. The van der Waals surface area contributed by atoms with Gasteiger partial charge in [0.2, 0.25) is 0 Å². The third-order valence-electron chi connectivity index (χ3n) is 3.32. The van der Waals surface area contributed by atoms with Gasteiger partial charge in [-0.1, -0.05) is 35.2 Å². The van der Waals surface area contributed by atoms with E-state index in [1.54, 1.807) is 0 Å². The Kier molecular flexibility index (Phi) is 5.25. The van der Waals surface area contributed by atoms with E-state index in [0.29, 0.717) is 0 Å². The van der Waals surface area contributed by atoms with Crippen LogP contribution in [-0.4, -0.2) is 12.4 Å². The van der Waals surface area contributed by atoms with Crippen molar-refractivity contribution in [2.45, 2.75) is 32.1 Å². The number of rotatable bonds is 4. The molecule has 0 aromatic heterocycles. The maximum atomic E-state index is 12.0. The van der Waals surface area contributed by atoms with Gasteiger partial charge in [-0.25, -0.2) is 0 Å². The Hall–Kier alpha value is -0.350. The molecule has 0 unspecified atom stereocenters. The molecule has 0 amide bonds. The highest BCUT2D eigenvalue weighted by molar-refractivity contribution is 9.11. The van der Waals surface area contributed by atoms with E-state index in [2.05, 4.69) is 31.9 Å². The Labute approximate surface area is 124 Å². The molecule has 1 aliphatic rings. The minimum atomic E-state index is 0.185. The molecule has 0 atom stereocenters. The lowest BCUT2D eigenvalue weighted by atomic mass is 9.86. The summed E-state index contributed by atoms with van der Waals surface area (Å²) in [4.78, 5) is 12.0. The quantitative estimate of drug-likeness (QED) is 0.759. The molecule has 2 nitrogen and oxygen atoms in total. The number of carbonyl (C=O) groups excluding carboxylic acids is 1. The van der Waals surface area contributed by atoms with Crippen LogP contribution in [0, 0.1) is 5.92 Å². The molecule has 98 valence electrons. The van der Waals surface area contributed by atoms with E-state index in [9.17, 15) is 4.79 Å². The fourth-order valence-corrected chi connectivity index (χ4v) is 3.45. The average Bonchev–Trinajstić information content (AvgIpc) is 2.38. The molecule has 1 aromatic carbocycles. The van der Waals surface area contributed by atoms with Crippen molar-refractivity contribution in [1.82, 2.24) is 0 Å². The topological polar surface area (TPSA) is 26.3 Å². The third kappa shape index (κ3) is 3.82. The summed E-state index contributed by atoms with van der Waals surface area (Å²) in [5, 5.41) is 0. The first-order chi connectivity index (χ1) is 8.66. The average molecular weight is 376 g/mol. The van der Waals surface area contributed by atoms with Gasteiger partial charge in [0.15, 0.2) is 5.78 Å². The van der Waals surface area contributed by atoms with Gasteiger partial charge in [-0.2, -0.15) is 0 Å². The Bertz CT molecular complexity index is 426. The standard InChI is InChI=1S/C14H16Br2O2/c15-11-6-7-14(12(16)8-11)18-9-13(17)10-4-2-1-3-5-10/h6-8,10H,1-5,9H2. The van der Waals surface area contributed by atoms with Crippen LogP contribution in [0.4, 0.5) is 0 Å². The van der Waals surface area contributed by atoms with E-state index in [0.717, 1.165) is 27.5 Å². The molecule has 18 heavy (non-hydrogen) atoms. The predicted octanol–water partition coefficient (Wildman–Crippen LogP) is 4.74. The Morgan fingerprint density at radius 3 is 2.61 bits per heavy atom. The van der Waals surface area contributed by atoms with Crippen LogP contribution >= 0.6 is 31.9 Å². The Balaban J connectivity index is 1.88. The zero-order valence-electron chi connectivity index (χ0n) is 10.1. The number of benzene rings is 1. The molecule has 0 N–H and O–H groups in total. The van der Waals surface area contributed by atoms with E-state index < -0.39 is 0 Å². The van der Waals surface area contributed by atoms with E-state index in [1.807, 2.05) is 18.2 Å². The molecular formula is C14H16Br2O2. The van der Waals surface area contributed by atoms with Crippen LogP contribution in [0.3, 0.4) is 0 Å². The van der Waals surface area contributed by atoms with Crippen molar-refractivity contribution < 1.29 is 9.53 Å². The molecule has 0 spiro atoms. The molecule has 0 radical (unpaired) electrons. The smallest absolute Gasteiger partial charge is 0.173 e. The fraction of sp³-hybridized carbons (Fsp3) is 0.500. The molecule has 0 bridgehead atoms. The van der Waals surface area contributed by atoms with E-state index in [4.69, 9.17) is 4.74 Å². The van der Waals surface area contributed by atoms with Crippen molar-refractivity contribution in [3.63, 3.8) is 0 Å². The van der Waals surface area contributed by atoms with Crippen LogP contribution < -0.4 is 4.74 Å². The number of Topliss-reactive ketones (excluding diaryl/α,β-unsaturated/α-hetero) is 1. The first kappa shape index (κ1) is 14.1. The SMILES string of the molecule is O=C(COc1ccc(Br)cc1Br)C1CCCCC1. The Morgan fingerprint density at radius 1 is 1.22 bits per heavy atom. The largest absolute Gasteiger partial charge is 0.485 e. The minimum Gasteiger partial charge on any atom is -0.485 e. The van der Waals surface area contributed by atoms with Crippen molar-refractivity contribution in [2.24, 2.45) is 5.92 Å². The highest BCUT2D eigenvalue weighted by Gasteiger charge is 2.21. The predicted molar refractivity (Wildman–Crippen MR) is 78.9 cm³/mol. The van der Waals surface area contributed by atoms with Crippen LogP contribution in [-0.2, 0) is 4.79 Å². The summed E-state index contributed by atoms with van der Waals surface area (Å²) in [7, 11) is 0. The molecule has 4 heteroatoms. The van der Waals surface area contributed by atoms with Crippen LogP contribution in [0.25, 0.3) is 0 Å². The van der Waals surface area contributed by atoms with Crippen molar-refractivity contribution in [3.05, 3.63) is 27.1 Å². The van der Waals surface area contributed by atoms with Crippen LogP contribution in [0.1, 0.15) is 32.1 Å². The summed E-state index contributed by atoms with van der Waals surface area (Å²) in [5.74, 6) is 1.18. The molecular weight excluding hydrogens is 360 g/mol. The van der Waals surface area contributed by atoms with Crippen LogP contribution in [0.15, 0.2) is 27.1 Å². The Morgan fingerprint density at radius 2 is 1.94 bits per heavy atom. The van der Waals surface area contributed by atoms with Gasteiger partial charge < -0.3 is 4.74 Å². The van der Waals surface area contributed by atoms with Gasteiger partial charge in [-0.05, 0) is 47.0 Å². The maximum Gasteiger partial charge on any atom is 0.173 e. The number of carbonyl (C=O) groups is 1. The lowest BCUT2D eigenvalue weighted by molar-refractivity contribution is -0.125. The molecule has 0 aliphatic heterocycles. The van der Waals surface area contributed by atoms with Gasteiger partial charge >= 0.3 is 0 Å². The van der Waals surface area contributed by atoms with E-state index >= 15 is 0 Å². The molecule has 0 heterocycles. The summed E-state index contributed by atoms with van der Waals surface area (Å²) < 4.78 is 7.44.